The van der Waals surface area contributed by atoms with E-state index in [1.54, 1.807) is 0 Å². The fraction of sp³-hybridized carbons (Fsp3) is 0. The average molecular weight is 613 g/mol. The number of hydrogen-bond donors (Lipinski definition) is 0. The minimum Gasteiger partial charge on any atom is -0.310 e. The molecule has 0 atom stereocenters. The Balaban J connectivity index is 1.28. The molecule has 0 bridgehead atoms. The third-order valence-electron chi connectivity index (χ3n) is 9.37. The molecule has 0 saturated heterocycles. The SMILES string of the molecule is c1ccc(-c2ccc(N(c3cccc(-n4c5ccccc5c5cccc(-c6ccccc6)c54)c3)c3cccc4ccccc34)cc2)cc1. The first-order valence-corrected chi connectivity index (χ1v) is 16.4. The van der Waals surface area contributed by atoms with Gasteiger partial charge in [-0.3, -0.25) is 0 Å². The van der Waals surface area contributed by atoms with Crippen LogP contribution in [0.2, 0.25) is 0 Å². The first-order valence-electron chi connectivity index (χ1n) is 16.4. The van der Waals surface area contributed by atoms with Crippen LogP contribution in [0.3, 0.4) is 0 Å². The molecule has 0 unspecified atom stereocenters. The Bertz CT molecular complexity index is 2540. The molecule has 0 N–H and O–H groups in total. The smallest absolute Gasteiger partial charge is 0.0619 e. The number of nitrogens with zero attached hydrogens (tertiary/aromatic N) is 2. The average Bonchev–Trinajstić information content (AvgIpc) is 3.51. The molecule has 1 heterocycles. The predicted molar refractivity (Wildman–Crippen MR) is 204 cm³/mol. The van der Waals surface area contributed by atoms with Gasteiger partial charge in [0.15, 0.2) is 0 Å². The van der Waals surface area contributed by atoms with E-state index in [4.69, 9.17) is 0 Å². The lowest BCUT2D eigenvalue weighted by atomic mass is 10.0. The largest absolute Gasteiger partial charge is 0.310 e. The molecule has 9 rings (SSSR count). The summed E-state index contributed by atoms with van der Waals surface area (Å²) in [6.07, 6.45) is 0. The molecule has 0 saturated carbocycles. The second-order valence-corrected chi connectivity index (χ2v) is 12.2. The molecule has 0 spiro atoms. The predicted octanol–water partition coefficient (Wildman–Crippen LogP) is 12.7. The van der Waals surface area contributed by atoms with Gasteiger partial charge < -0.3 is 9.47 Å². The normalized spacial score (nSPS) is 11.3. The van der Waals surface area contributed by atoms with Crippen molar-refractivity contribution in [2.45, 2.75) is 0 Å². The summed E-state index contributed by atoms with van der Waals surface area (Å²) in [5.41, 5.74) is 11.7. The Hall–Kier alpha value is -6.38. The summed E-state index contributed by atoms with van der Waals surface area (Å²) in [6, 6.07) is 69.9. The van der Waals surface area contributed by atoms with Crippen LogP contribution in [0.5, 0.6) is 0 Å². The lowest BCUT2D eigenvalue weighted by Crippen LogP contribution is -2.11. The first-order chi connectivity index (χ1) is 23.8. The fourth-order valence-electron chi connectivity index (χ4n) is 7.17. The van der Waals surface area contributed by atoms with Gasteiger partial charge in [-0.05, 0) is 64.5 Å². The molecule has 48 heavy (non-hydrogen) atoms. The Morgan fingerprint density at radius 3 is 1.79 bits per heavy atom. The molecular formula is C46H32N2. The van der Waals surface area contributed by atoms with E-state index in [0.29, 0.717) is 0 Å². The molecule has 226 valence electrons. The molecule has 2 heteroatoms. The van der Waals surface area contributed by atoms with Gasteiger partial charge in [0.2, 0.25) is 0 Å². The van der Waals surface area contributed by atoms with E-state index in [2.05, 4.69) is 204 Å². The van der Waals surface area contributed by atoms with Crippen LogP contribution in [0.1, 0.15) is 0 Å². The molecule has 1 aromatic heterocycles. The molecule has 0 aliphatic heterocycles. The van der Waals surface area contributed by atoms with Crippen LogP contribution < -0.4 is 4.90 Å². The second kappa shape index (κ2) is 11.8. The van der Waals surface area contributed by atoms with Crippen molar-refractivity contribution < 1.29 is 0 Å². The van der Waals surface area contributed by atoms with Crippen LogP contribution in [0, 0.1) is 0 Å². The van der Waals surface area contributed by atoms with Crippen molar-refractivity contribution in [1.82, 2.24) is 4.57 Å². The molecule has 0 aliphatic carbocycles. The topological polar surface area (TPSA) is 8.17 Å². The highest BCUT2D eigenvalue weighted by Gasteiger charge is 2.19. The number of fused-ring (bicyclic) bond motifs is 4. The zero-order chi connectivity index (χ0) is 31.9. The summed E-state index contributed by atoms with van der Waals surface area (Å²) in [7, 11) is 0. The third-order valence-corrected chi connectivity index (χ3v) is 9.37. The number of aromatic nitrogens is 1. The van der Waals surface area contributed by atoms with Gasteiger partial charge in [0, 0.05) is 38.8 Å². The van der Waals surface area contributed by atoms with E-state index in [9.17, 15) is 0 Å². The Labute approximate surface area is 280 Å². The van der Waals surface area contributed by atoms with Crippen molar-refractivity contribution in [3.8, 4) is 27.9 Å². The lowest BCUT2D eigenvalue weighted by Gasteiger charge is -2.27. The lowest BCUT2D eigenvalue weighted by molar-refractivity contribution is 1.17. The van der Waals surface area contributed by atoms with Crippen molar-refractivity contribution in [2.24, 2.45) is 0 Å². The summed E-state index contributed by atoms with van der Waals surface area (Å²) in [5, 5.41) is 4.92. The van der Waals surface area contributed by atoms with Crippen LogP contribution in [0.25, 0.3) is 60.5 Å². The van der Waals surface area contributed by atoms with E-state index in [1.807, 2.05) is 0 Å². The van der Waals surface area contributed by atoms with Gasteiger partial charge in [-0.15, -0.1) is 0 Å². The van der Waals surface area contributed by atoms with Crippen molar-refractivity contribution in [1.29, 1.82) is 0 Å². The second-order valence-electron chi connectivity index (χ2n) is 12.2. The number of anilines is 3. The van der Waals surface area contributed by atoms with E-state index < -0.39 is 0 Å². The van der Waals surface area contributed by atoms with Gasteiger partial charge in [0.1, 0.15) is 0 Å². The van der Waals surface area contributed by atoms with E-state index in [1.165, 1.54) is 54.8 Å². The fourth-order valence-corrected chi connectivity index (χ4v) is 7.17. The number of hydrogen-bond acceptors (Lipinski definition) is 1. The van der Waals surface area contributed by atoms with E-state index >= 15 is 0 Å². The number of benzene rings is 8. The highest BCUT2D eigenvalue weighted by molar-refractivity contribution is 6.14. The zero-order valence-electron chi connectivity index (χ0n) is 26.4. The Morgan fingerprint density at radius 1 is 0.375 bits per heavy atom. The minimum atomic E-state index is 1.10. The summed E-state index contributed by atoms with van der Waals surface area (Å²) >= 11 is 0. The molecule has 0 fully saturated rings. The van der Waals surface area contributed by atoms with Gasteiger partial charge in [-0.2, -0.15) is 0 Å². The van der Waals surface area contributed by atoms with Crippen LogP contribution in [0.4, 0.5) is 17.1 Å². The first kappa shape index (κ1) is 27.9. The van der Waals surface area contributed by atoms with Crippen LogP contribution in [0.15, 0.2) is 194 Å². The Kier molecular flexibility index (Phi) is 6.84. The highest BCUT2D eigenvalue weighted by atomic mass is 15.1. The van der Waals surface area contributed by atoms with Crippen molar-refractivity contribution in [3.05, 3.63) is 194 Å². The number of rotatable bonds is 6. The van der Waals surface area contributed by atoms with Gasteiger partial charge in [0.05, 0.1) is 16.7 Å². The maximum atomic E-state index is 2.44. The van der Waals surface area contributed by atoms with Crippen LogP contribution >= 0.6 is 0 Å². The summed E-state index contributed by atoms with van der Waals surface area (Å²) in [4.78, 5) is 2.40. The highest BCUT2D eigenvalue weighted by Crippen LogP contribution is 2.42. The van der Waals surface area contributed by atoms with Gasteiger partial charge in [-0.25, -0.2) is 0 Å². The number of para-hydroxylation sites is 2. The van der Waals surface area contributed by atoms with Crippen molar-refractivity contribution in [2.75, 3.05) is 4.90 Å². The summed E-state index contributed by atoms with van der Waals surface area (Å²) in [5.74, 6) is 0. The van der Waals surface area contributed by atoms with Crippen molar-refractivity contribution in [3.63, 3.8) is 0 Å². The molecule has 2 nitrogen and oxygen atoms in total. The maximum Gasteiger partial charge on any atom is 0.0619 e. The standard InChI is InChI=1S/C46H32N2/c1-3-14-33(15-4-1)34-28-30-37(31-29-34)47(44-27-11-19-35-18-7-8-22-40(35)44)38-20-12-21-39(32-38)48-45-26-10-9-23-42(45)43-25-13-24-41(46(43)48)36-16-5-2-6-17-36/h1-32H. The van der Waals surface area contributed by atoms with Gasteiger partial charge in [0.25, 0.3) is 0 Å². The van der Waals surface area contributed by atoms with Crippen LogP contribution in [-0.2, 0) is 0 Å². The Morgan fingerprint density at radius 2 is 0.979 bits per heavy atom. The van der Waals surface area contributed by atoms with E-state index in [0.717, 1.165) is 22.7 Å². The molecule has 9 aromatic rings. The van der Waals surface area contributed by atoms with Gasteiger partial charge in [-0.1, -0.05) is 152 Å². The zero-order valence-corrected chi connectivity index (χ0v) is 26.4. The van der Waals surface area contributed by atoms with Crippen LogP contribution in [-0.4, -0.2) is 4.57 Å². The van der Waals surface area contributed by atoms with E-state index in [-0.39, 0.29) is 0 Å². The third kappa shape index (κ3) is 4.74. The molecule has 0 amide bonds. The maximum absolute atomic E-state index is 2.44. The molecular weight excluding hydrogens is 581 g/mol. The molecule has 8 aromatic carbocycles. The summed E-state index contributed by atoms with van der Waals surface area (Å²) < 4.78 is 2.44. The molecule has 0 aliphatic rings. The molecule has 0 radical (unpaired) electrons. The van der Waals surface area contributed by atoms with Crippen molar-refractivity contribution >= 4 is 49.6 Å². The monoisotopic (exact) mass is 612 g/mol. The summed E-state index contributed by atoms with van der Waals surface area (Å²) in [6.45, 7) is 0. The quantitative estimate of drug-likeness (QED) is 0.181. The van der Waals surface area contributed by atoms with Gasteiger partial charge >= 0.3 is 0 Å². The minimum absolute atomic E-state index is 1.10.